The van der Waals surface area contributed by atoms with Crippen molar-refractivity contribution in [1.82, 2.24) is 14.8 Å². The molecule has 1 saturated heterocycles. The Bertz CT molecular complexity index is 476. The van der Waals surface area contributed by atoms with E-state index in [9.17, 15) is 4.79 Å². The highest BCUT2D eigenvalue weighted by Crippen LogP contribution is 2.20. The Labute approximate surface area is 111 Å². The molecule has 0 bridgehead atoms. The van der Waals surface area contributed by atoms with Gasteiger partial charge in [0, 0.05) is 25.2 Å². The molecule has 0 saturated carbocycles. The Kier molecular flexibility index (Phi) is 4.04. The lowest BCUT2D eigenvalue weighted by Crippen LogP contribution is -2.34. The van der Waals surface area contributed by atoms with E-state index in [4.69, 9.17) is 16.4 Å². The number of halogens is 1. The average Bonchev–Trinajstić information content (AvgIpc) is 2.62. The van der Waals surface area contributed by atoms with Crippen LogP contribution in [-0.4, -0.2) is 33.9 Å². The number of carbonyl (C=O) groups is 1. The maximum absolute atomic E-state index is 11.8. The number of amides is 1. The van der Waals surface area contributed by atoms with Crippen LogP contribution in [0.2, 0.25) is 5.15 Å². The lowest BCUT2D eigenvalue weighted by Gasteiger charge is -2.24. The molecule has 0 aliphatic carbocycles. The molecule has 1 aliphatic heterocycles. The maximum Gasteiger partial charge on any atom is 0.270 e. The van der Waals surface area contributed by atoms with E-state index in [2.05, 4.69) is 5.10 Å². The summed E-state index contributed by atoms with van der Waals surface area (Å²) in [4.78, 5) is 17.1. The number of nitrogens with zero attached hydrogens (tertiary/aromatic N) is 3. The minimum atomic E-state index is -0.158. The topological polar surface area (TPSA) is 47.4 Å². The first kappa shape index (κ1) is 13.1. The number of hydrogen-bond acceptors (Lipinski definition) is 3. The Hall–Kier alpha value is -1.33. The normalized spacial score (nSPS) is 16.5. The summed E-state index contributed by atoms with van der Waals surface area (Å²) in [5.41, 5.74) is 1.57. The summed E-state index contributed by atoms with van der Waals surface area (Å²) < 4.78 is 1.58. The van der Waals surface area contributed by atoms with E-state index >= 15 is 0 Å². The van der Waals surface area contributed by atoms with Crippen molar-refractivity contribution in [2.45, 2.75) is 19.8 Å². The van der Waals surface area contributed by atoms with Gasteiger partial charge in [-0.25, -0.2) is 5.06 Å². The molecule has 1 fully saturated rings. The van der Waals surface area contributed by atoms with E-state index in [0.717, 1.165) is 24.1 Å². The molecule has 6 heteroatoms. The Morgan fingerprint density at radius 3 is 2.83 bits per heavy atom. The van der Waals surface area contributed by atoms with Crippen molar-refractivity contribution in [3.63, 3.8) is 0 Å². The summed E-state index contributed by atoms with van der Waals surface area (Å²) in [6.45, 7) is 3.10. The first-order chi connectivity index (χ1) is 8.59. The van der Waals surface area contributed by atoms with Gasteiger partial charge in [-0.05, 0) is 25.8 Å². The third-order valence-corrected chi connectivity index (χ3v) is 3.29. The number of hydrogen-bond donors (Lipinski definition) is 0. The van der Waals surface area contributed by atoms with Gasteiger partial charge in [0.15, 0.2) is 0 Å². The zero-order chi connectivity index (χ0) is 13.1. The number of aromatic nitrogens is 2. The van der Waals surface area contributed by atoms with Crippen molar-refractivity contribution in [1.29, 1.82) is 0 Å². The summed E-state index contributed by atoms with van der Waals surface area (Å²) >= 11 is 6.08. The highest BCUT2D eigenvalue weighted by Gasteiger charge is 2.15. The van der Waals surface area contributed by atoms with Crippen LogP contribution in [0.5, 0.6) is 0 Å². The molecular formula is C12H16ClN3O2. The lowest BCUT2D eigenvalue weighted by atomic mass is 10.2. The SMILES string of the molecule is Cc1nn(C)c(Cl)c1/C=C/C(=O)N1CCCCO1. The molecule has 1 aromatic heterocycles. The summed E-state index contributed by atoms with van der Waals surface area (Å²) in [6.07, 6.45) is 5.14. The molecule has 1 aromatic rings. The van der Waals surface area contributed by atoms with Crippen LogP contribution in [0, 0.1) is 6.92 Å². The molecule has 0 radical (unpaired) electrons. The molecule has 0 aromatic carbocycles. The van der Waals surface area contributed by atoms with Gasteiger partial charge in [-0.1, -0.05) is 11.6 Å². The second-order valence-corrected chi connectivity index (χ2v) is 4.59. The van der Waals surface area contributed by atoms with E-state index in [1.54, 1.807) is 17.8 Å². The second-order valence-electron chi connectivity index (χ2n) is 4.23. The summed E-state index contributed by atoms with van der Waals surface area (Å²) in [5, 5.41) is 6.09. The van der Waals surface area contributed by atoms with Gasteiger partial charge in [0.1, 0.15) is 5.15 Å². The average molecular weight is 270 g/mol. The van der Waals surface area contributed by atoms with Crippen LogP contribution in [0.1, 0.15) is 24.1 Å². The summed E-state index contributed by atoms with van der Waals surface area (Å²) in [6, 6.07) is 0. The molecule has 98 valence electrons. The van der Waals surface area contributed by atoms with Crippen LogP contribution in [0.3, 0.4) is 0 Å². The molecule has 1 amide bonds. The van der Waals surface area contributed by atoms with Crippen LogP contribution in [0.15, 0.2) is 6.08 Å². The van der Waals surface area contributed by atoms with E-state index in [0.29, 0.717) is 18.3 Å². The zero-order valence-corrected chi connectivity index (χ0v) is 11.3. The molecule has 2 heterocycles. The minimum Gasteiger partial charge on any atom is -0.271 e. The molecule has 2 rings (SSSR count). The fraction of sp³-hybridized carbons (Fsp3) is 0.500. The smallest absolute Gasteiger partial charge is 0.270 e. The van der Waals surface area contributed by atoms with Gasteiger partial charge in [-0.3, -0.25) is 14.3 Å². The highest BCUT2D eigenvalue weighted by molar-refractivity contribution is 6.31. The van der Waals surface area contributed by atoms with Crippen LogP contribution in [0.25, 0.3) is 6.08 Å². The van der Waals surface area contributed by atoms with Gasteiger partial charge in [0.25, 0.3) is 5.91 Å². The second kappa shape index (κ2) is 5.54. The zero-order valence-electron chi connectivity index (χ0n) is 10.5. The number of carbonyl (C=O) groups excluding carboxylic acids is 1. The fourth-order valence-corrected chi connectivity index (χ4v) is 2.08. The molecular weight excluding hydrogens is 254 g/mol. The van der Waals surface area contributed by atoms with Crippen molar-refractivity contribution < 1.29 is 9.63 Å². The van der Waals surface area contributed by atoms with Crippen molar-refractivity contribution in [3.8, 4) is 0 Å². The fourth-order valence-electron chi connectivity index (χ4n) is 1.84. The predicted octanol–water partition coefficient (Wildman–Crippen LogP) is 1.95. The van der Waals surface area contributed by atoms with E-state index < -0.39 is 0 Å². The van der Waals surface area contributed by atoms with Crippen molar-refractivity contribution in [3.05, 3.63) is 22.5 Å². The van der Waals surface area contributed by atoms with Crippen molar-refractivity contribution >= 4 is 23.6 Å². The van der Waals surface area contributed by atoms with Gasteiger partial charge in [-0.15, -0.1) is 0 Å². The largest absolute Gasteiger partial charge is 0.271 e. The van der Waals surface area contributed by atoms with Crippen molar-refractivity contribution in [2.24, 2.45) is 7.05 Å². The maximum atomic E-state index is 11.8. The summed E-state index contributed by atoms with van der Waals surface area (Å²) in [5.74, 6) is -0.158. The Morgan fingerprint density at radius 1 is 1.50 bits per heavy atom. The number of rotatable bonds is 2. The summed E-state index contributed by atoms with van der Waals surface area (Å²) in [7, 11) is 1.77. The van der Waals surface area contributed by atoms with Gasteiger partial charge < -0.3 is 0 Å². The first-order valence-electron chi connectivity index (χ1n) is 5.91. The minimum absolute atomic E-state index is 0.158. The van der Waals surface area contributed by atoms with E-state index in [1.165, 1.54) is 11.1 Å². The van der Waals surface area contributed by atoms with Crippen LogP contribution in [-0.2, 0) is 16.7 Å². The van der Waals surface area contributed by atoms with E-state index in [-0.39, 0.29) is 5.91 Å². The molecule has 0 spiro atoms. The van der Waals surface area contributed by atoms with Crippen molar-refractivity contribution in [2.75, 3.05) is 13.2 Å². The quantitative estimate of drug-likeness (QED) is 0.771. The molecule has 0 unspecified atom stereocenters. The number of aryl methyl sites for hydroxylation is 2. The molecule has 18 heavy (non-hydrogen) atoms. The van der Waals surface area contributed by atoms with Gasteiger partial charge >= 0.3 is 0 Å². The van der Waals surface area contributed by atoms with Crippen LogP contribution in [0.4, 0.5) is 0 Å². The third-order valence-electron chi connectivity index (χ3n) is 2.84. The van der Waals surface area contributed by atoms with Crippen LogP contribution < -0.4 is 0 Å². The van der Waals surface area contributed by atoms with Gasteiger partial charge in [-0.2, -0.15) is 5.10 Å². The Balaban J connectivity index is 2.08. The van der Waals surface area contributed by atoms with Crippen LogP contribution >= 0.6 is 11.6 Å². The molecule has 1 aliphatic rings. The Morgan fingerprint density at radius 2 is 2.28 bits per heavy atom. The molecule has 0 N–H and O–H groups in total. The highest BCUT2D eigenvalue weighted by atomic mass is 35.5. The number of hydroxylamine groups is 2. The molecule has 0 atom stereocenters. The van der Waals surface area contributed by atoms with Gasteiger partial charge in [0.05, 0.1) is 12.3 Å². The predicted molar refractivity (Wildman–Crippen MR) is 68.9 cm³/mol. The van der Waals surface area contributed by atoms with E-state index in [1.807, 2.05) is 6.92 Å². The molecule has 5 nitrogen and oxygen atoms in total. The lowest BCUT2D eigenvalue weighted by molar-refractivity contribution is -0.191. The standard InChI is InChI=1S/C12H16ClN3O2/c1-9-10(12(13)15(2)14-9)5-6-11(17)16-7-3-4-8-18-16/h5-6H,3-4,7-8H2,1-2H3/b6-5+. The third kappa shape index (κ3) is 2.73. The first-order valence-corrected chi connectivity index (χ1v) is 6.29. The van der Waals surface area contributed by atoms with Gasteiger partial charge in [0.2, 0.25) is 0 Å². The monoisotopic (exact) mass is 269 g/mol.